The van der Waals surface area contributed by atoms with Crippen LogP contribution in [0.3, 0.4) is 0 Å². The number of halogens is 1. The van der Waals surface area contributed by atoms with E-state index < -0.39 is 5.97 Å². The molecule has 4 nitrogen and oxygen atoms in total. The van der Waals surface area contributed by atoms with Crippen molar-refractivity contribution in [3.8, 4) is 0 Å². The number of anilines is 3. The van der Waals surface area contributed by atoms with Crippen molar-refractivity contribution in [1.82, 2.24) is 0 Å². The average Bonchev–Trinajstić information content (AvgIpc) is 2.34. The maximum absolute atomic E-state index is 11.0. The number of nitrogens with one attached hydrogen (secondary N) is 1. The molecular weight excluding hydrogens is 296 g/mol. The fraction of sp³-hybridized carbons (Fsp3) is 0. The molecule has 0 atom stereocenters. The first-order valence-corrected chi connectivity index (χ1v) is 6.01. The molecule has 0 radical (unpaired) electrons. The number of aromatic carboxylic acids is 1. The van der Waals surface area contributed by atoms with E-state index in [9.17, 15) is 4.79 Å². The SMILES string of the molecule is Nc1ccc(Nc2ccccc2Br)cc1C(=O)O. The summed E-state index contributed by atoms with van der Waals surface area (Å²) in [7, 11) is 0. The van der Waals surface area contributed by atoms with Crippen LogP contribution in [0.25, 0.3) is 0 Å². The van der Waals surface area contributed by atoms with Gasteiger partial charge in [0.05, 0.1) is 11.3 Å². The number of benzene rings is 2. The van der Waals surface area contributed by atoms with E-state index >= 15 is 0 Å². The van der Waals surface area contributed by atoms with Crippen LogP contribution in [0.5, 0.6) is 0 Å². The van der Waals surface area contributed by atoms with Gasteiger partial charge >= 0.3 is 5.97 Å². The number of hydrogen-bond acceptors (Lipinski definition) is 3. The Hall–Kier alpha value is -2.01. The van der Waals surface area contributed by atoms with Gasteiger partial charge in [-0.2, -0.15) is 0 Å². The second-order valence-corrected chi connectivity index (χ2v) is 4.57. The number of nitrogen functional groups attached to an aromatic ring is 1. The molecule has 2 aromatic rings. The van der Waals surface area contributed by atoms with Crippen molar-refractivity contribution >= 4 is 39.0 Å². The topological polar surface area (TPSA) is 75.3 Å². The third-order valence-corrected chi connectivity index (χ3v) is 3.13. The molecule has 0 bridgehead atoms. The van der Waals surface area contributed by atoms with Gasteiger partial charge in [-0.15, -0.1) is 0 Å². The summed E-state index contributed by atoms with van der Waals surface area (Å²) in [4.78, 5) is 11.0. The molecule has 92 valence electrons. The van der Waals surface area contributed by atoms with E-state index in [1.54, 1.807) is 12.1 Å². The van der Waals surface area contributed by atoms with Crippen LogP contribution < -0.4 is 11.1 Å². The zero-order valence-corrected chi connectivity index (χ0v) is 10.9. The number of hydrogen-bond donors (Lipinski definition) is 3. The largest absolute Gasteiger partial charge is 0.478 e. The maximum atomic E-state index is 11.0. The van der Waals surface area contributed by atoms with Crippen LogP contribution in [-0.2, 0) is 0 Å². The van der Waals surface area contributed by atoms with Gasteiger partial charge in [-0.1, -0.05) is 12.1 Å². The summed E-state index contributed by atoms with van der Waals surface area (Å²) in [5.74, 6) is -1.04. The van der Waals surface area contributed by atoms with Crippen molar-refractivity contribution in [3.05, 3.63) is 52.5 Å². The first-order valence-electron chi connectivity index (χ1n) is 5.22. The molecule has 0 aromatic heterocycles. The Morgan fingerprint density at radius 3 is 2.61 bits per heavy atom. The van der Waals surface area contributed by atoms with Crippen molar-refractivity contribution in [2.24, 2.45) is 0 Å². The second-order valence-electron chi connectivity index (χ2n) is 3.71. The lowest BCUT2D eigenvalue weighted by molar-refractivity contribution is 0.0698. The molecule has 0 saturated carbocycles. The van der Waals surface area contributed by atoms with Gasteiger partial charge in [-0.05, 0) is 46.3 Å². The Balaban J connectivity index is 2.33. The predicted molar refractivity (Wildman–Crippen MR) is 75.2 cm³/mol. The number of carbonyl (C=O) groups is 1. The molecule has 0 aliphatic rings. The standard InChI is InChI=1S/C13H11BrN2O2/c14-10-3-1-2-4-12(10)16-8-5-6-11(15)9(7-8)13(17)18/h1-7,16H,15H2,(H,17,18). The first-order chi connectivity index (χ1) is 8.58. The zero-order valence-electron chi connectivity index (χ0n) is 9.35. The summed E-state index contributed by atoms with van der Waals surface area (Å²) < 4.78 is 0.902. The molecule has 2 rings (SSSR count). The molecule has 0 aliphatic heterocycles. The Morgan fingerprint density at radius 1 is 1.22 bits per heavy atom. The van der Waals surface area contributed by atoms with Gasteiger partial charge in [-0.25, -0.2) is 4.79 Å². The van der Waals surface area contributed by atoms with Crippen LogP contribution in [0.2, 0.25) is 0 Å². The number of rotatable bonds is 3. The highest BCUT2D eigenvalue weighted by Gasteiger charge is 2.09. The van der Waals surface area contributed by atoms with Crippen LogP contribution in [0, 0.1) is 0 Å². The molecule has 2 aromatic carbocycles. The molecule has 4 N–H and O–H groups in total. The van der Waals surface area contributed by atoms with Crippen molar-refractivity contribution in [2.45, 2.75) is 0 Å². The minimum atomic E-state index is -1.04. The third kappa shape index (κ3) is 2.62. The minimum absolute atomic E-state index is 0.0899. The summed E-state index contributed by atoms with van der Waals surface area (Å²) in [6, 6.07) is 12.4. The van der Waals surface area contributed by atoms with E-state index in [-0.39, 0.29) is 11.3 Å². The Labute approximate surface area is 113 Å². The van der Waals surface area contributed by atoms with Gasteiger partial charge in [0, 0.05) is 15.8 Å². The third-order valence-electron chi connectivity index (χ3n) is 2.44. The number of carboxylic acids is 1. The summed E-state index contributed by atoms with van der Waals surface area (Å²) in [5, 5.41) is 12.1. The van der Waals surface area contributed by atoms with Gasteiger partial charge in [0.15, 0.2) is 0 Å². The van der Waals surface area contributed by atoms with Crippen molar-refractivity contribution in [1.29, 1.82) is 0 Å². The van der Waals surface area contributed by atoms with E-state index in [4.69, 9.17) is 10.8 Å². The first kappa shape index (κ1) is 12.4. The highest BCUT2D eigenvalue weighted by molar-refractivity contribution is 9.10. The quantitative estimate of drug-likeness (QED) is 0.759. The Kier molecular flexibility index (Phi) is 3.53. The van der Waals surface area contributed by atoms with Gasteiger partial charge in [-0.3, -0.25) is 0 Å². The second kappa shape index (κ2) is 5.10. The fourth-order valence-electron chi connectivity index (χ4n) is 1.54. The van der Waals surface area contributed by atoms with Crippen molar-refractivity contribution in [2.75, 3.05) is 11.1 Å². The molecule has 18 heavy (non-hydrogen) atoms. The molecule has 5 heteroatoms. The average molecular weight is 307 g/mol. The number of nitrogens with two attached hydrogens (primary N) is 1. The van der Waals surface area contributed by atoms with E-state index in [0.29, 0.717) is 5.69 Å². The van der Waals surface area contributed by atoms with Crippen molar-refractivity contribution in [3.63, 3.8) is 0 Å². The lowest BCUT2D eigenvalue weighted by Crippen LogP contribution is -2.03. The zero-order chi connectivity index (χ0) is 13.1. The monoisotopic (exact) mass is 306 g/mol. The van der Waals surface area contributed by atoms with E-state index in [1.807, 2.05) is 24.3 Å². The smallest absolute Gasteiger partial charge is 0.337 e. The van der Waals surface area contributed by atoms with Crippen LogP contribution in [0.1, 0.15) is 10.4 Å². The molecule has 0 spiro atoms. The minimum Gasteiger partial charge on any atom is -0.478 e. The van der Waals surface area contributed by atoms with Gasteiger partial charge in [0.2, 0.25) is 0 Å². The number of para-hydroxylation sites is 1. The summed E-state index contributed by atoms with van der Waals surface area (Å²) in [5.41, 5.74) is 7.47. The molecule has 0 fully saturated rings. The van der Waals surface area contributed by atoms with E-state index in [0.717, 1.165) is 10.2 Å². The van der Waals surface area contributed by atoms with Crippen LogP contribution in [0.4, 0.5) is 17.1 Å². The van der Waals surface area contributed by atoms with E-state index in [2.05, 4.69) is 21.2 Å². The lowest BCUT2D eigenvalue weighted by atomic mass is 10.1. The van der Waals surface area contributed by atoms with E-state index in [1.165, 1.54) is 6.07 Å². The summed E-state index contributed by atoms with van der Waals surface area (Å²) >= 11 is 3.41. The van der Waals surface area contributed by atoms with Crippen LogP contribution in [-0.4, -0.2) is 11.1 Å². The molecule has 0 saturated heterocycles. The predicted octanol–water partition coefficient (Wildman–Crippen LogP) is 3.47. The summed E-state index contributed by atoms with van der Waals surface area (Å²) in [6.45, 7) is 0. The van der Waals surface area contributed by atoms with Gasteiger partial charge < -0.3 is 16.2 Å². The number of carboxylic acid groups (broad SMARTS) is 1. The van der Waals surface area contributed by atoms with Crippen LogP contribution >= 0.6 is 15.9 Å². The normalized spacial score (nSPS) is 10.1. The molecule has 0 heterocycles. The summed E-state index contributed by atoms with van der Waals surface area (Å²) in [6.07, 6.45) is 0. The highest BCUT2D eigenvalue weighted by atomic mass is 79.9. The molecule has 0 unspecified atom stereocenters. The van der Waals surface area contributed by atoms with Gasteiger partial charge in [0.1, 0.15) is 0 Å². The molecule has 0 amide bonds. The van der Waals surface area contributed by atoms with Gasteiger partial charge in [0.25, 0.3) is 0 Å². The molecular formula is C13H11BrN2O2. The van der Waals surface area contributed by atoms with Crippen molar-refractivity contribution < 1.29 is 9.90 Å². The highest BCUT2D eigenvalue weighted by Crippen LogP contribution is 2.27. The molecule has 0 aliphatic carbocycles. The Bertz CT molecular complexity index is 599. The maximum Gasteiger partial charge on any atom is 0.337 e. The Morgan fingerprint density at radius 2 is 1.94 bits per heavy atom. The van der Waals surface area contributed by atoms with Crippen LogP contribution in [0.15, 0.2) is 46.9 Å². The lowest BCUT2D eigenvalue weighted by Gasteiger charge is -2.10. The fourth-order valence-corrected chi connectivity index (χ4v) is 1.92.